The molecular weight excluding hydrogens is 289 g/mol. The van der Waals surface area contributed by atoms with Gasteiger partial charge >= 0.3 is 23.4 Å². The average Bonchev–Trinajstić information content (AvgIpc) is 2.47. The number of halogens is 3. The van der Waals surface area contributed by atoms with Crippen LogP contribution in [0.15, 0.2) is 21.9 Å². The molecular formula is C9H9F3N2O6. The van der Waals surface area contributed by atoms with Gasteiger partial charge in [0.15, 0.2) is 6.10 Å². The number of ether oxygens (including phenoxy) is 1. The number of aromatic amines is 1. The number of H-pyrrole nitrogens is 1. The molecule has 0 amide bonds. The van der Waals surface area contributed by atoms with Crippen LogP contribution in [0.25, 0.3) is 0 Å². The highest BCUT2D eigenvalue weighted by molar-refractivity contribution is 5.06. The van der Waals surface area contributed by atoms with Crippen molar-refractivity contribution in [2.75, 3.05) is 6.61 Å². The van der Waals surface area contributed by atoms with E-state index in [2.05, 4.69) is 4.74 Å². The Labute approximate surface area is 107 Å². The van der Waals surface area contributed by atoms with Gasteiger partial charge in [0.1, 0.15) is 0 Å². The van der Waals surface area contributed by atoms with Gasteiger partial charge in [0.2, 0.25) is 0 Å². The fraction of sp³-hybridized carbons (Fsp3) is 0.556. The molecule has 4 N–H and O–H groups in total. The molecule has 20 heavy (non-hydrogen) atoms. The smallest absolute Gasteiger partial charge is 0.363 e. The molecule has 1 aliphatic heterocycles. The second-order valence-electron chi connectivity index (χ2n) is 4.13. The zero-order chi connectivity index (χ0) is 15.3. The van der Waals surface area contributed by atoms with Crippen molar-refractivity contribution in [3.8, 4) is 0 Å². The molecule has 112 valence electrons. The van der Waals surface area contributed by atoms with E-state index in [1.165, 1.54) is 4.98 Å². The van der Waals surface area contributed by atoms with Crippen LogP contribution in [-0.4, -0.2) is 49.3 Å². The zero-order valence-electron chi connectivity index (χ0n) is 9.59. The Balaban J connectivity index is 2.66. The second-order valence-corrected chi connectivity index (χ2v) is 4.13. The quantitative estimate of drug-likeness (QED) is 0.492. The molecule has 2 rings (SSSR count). The van der Waals surface area contributed by atoms with Gasteiger partial charge in [-0.15, -0.1) is 0 Å². The second kappa shape index (κ2) is 4.15. The molecule has 11 heteroatoms. The normalized spacial score (nSPS) is 41.0. The maximum atomic E-state index is 14.4. The van der Waals surface area contributed by atoms with Gasteiger partial charge in [-0.05, 0) is 0 Å². The van der Waals surface area contributed by atoms with Gasteiger partial charge in [0.25, 0.3) is 5.56 Å². The van der Waals surface area contributed by atoms with Gasteiger partial charge in [0.05, 0.1) is 6.61 Å². The van der Waals surface area contributed by atoms with Crippen LogP contribution in [0.3, 0.4) is 0 Å². The van der Waals surface area contributed by atoms with Gasteiger partial charge in [0, 0.05) is 12.3 Å². The SMILES string of the molecule is O=c1ccn([C@]2(F)O[C@H](CO)[C@](O)(F)[C@]2(O)F)c(=O)[nH]1. The molecule has 8 nitrogen and oxygen atoms in total. The summed E-state index contributed by atoms with van der Waals surface area (Å²) in [6.07, 6.45) is -2.11. The molecule has 0 bridgehead atoms. The monoisotopic (exact) mass is 298 g/mol. The third-order valence-corrected chi connectivity index (χ3v) is 2.90. The highest BCUT2D eigenvalue weighted by atomic mass is 19.2. The molecule has 1 aromatic heterocycles. The number of hydrogen-bond donors (Lipinski definition) is 4. The molecule has 2 heterocycles. The first-order valence-electron chi connectivity index (χ1n) is 5.20. The summed E-state index contributed by atoms with van der Waals surface area (Å²) < 4.78 is 45.8. The molecule has 0 spiro atoms. The maximum absolute atomic E-state index is 14.4. The van der Waals surface area contributed by atoms with Crippen molar-refractivity contribution in [3.63, 3.8) is 0 Å². The third kappa shape index (κ3) is 1.64. The van der Waals surface area contributed by atoms with Crippen molar-refractivity contribution in [2.45, 2.75) is 23.8 Å². The Morgan fingerprint density at radius 2 is 1.95 bits per heavy atom. The molecule has 1 fully saturated rings. The third-order valence-electron chi connectivity index (χ3n) is 2.90. The Hall–Kier alpha value is -1.69. The summed E-state index contributed by atoms with van der Waals surface area (Å²) in [7, 11) is 0. The van der Waals surface area contributed by atoms with Crippen LogP contribution in [0.1, 0.15) is 0 Å². The number of aromatic nitrogens is 2. The molecule has 0 aliphatic carbocycles. The fourth-order valence-electron chi connectivity index (χ4n) is 1.79. The average molecular weight is 298 g/mol. The predicted octanol–water partition coefficient (Wildman–Crippen LogP) is -2.18. The topological polar surface area (TPSA) is 125 Å². The first-order chi connectivity index (χ1) is 9.08. The van der Waals surface area contributed by atoms with Gasteiger partial charge in [-0.3, -0.25) is 9.78 Å². The van der Waals surface area contributed by atoms with Gasteiger partial charge < -0.3 is 20.1 Å². The number of aliphatic hydroxyl groups is 3. The summed E-state index contributed by atoms with van der Waals surface area (Å²) in [6, 6.07) is 0.575. The first-order valence-corrected chi connectivity index (χ1v) is 5.20. The predicted molar refractivity (Wildman–Crippen MR) is 54.5 cm³/mol. The molecule has 4 atom stereocenters. The lowest BCUT2D eigenvalue weighted by Gasteiger charge is -2.30. The fourth-order valence-corrected chi connectivity index (χ4v) is 1.79. The first kappa shape index (κ1) is 14.7. The van der Waals surface area contributed by atoms with Gasteiger partial charge in [-0.1, -0.05) is 0 Å². The Kier molecular flexibility index (Phi) is 3.05. The standard InChI is InChI=1S/C9H9F3N2O6/c10-7(18)4(3-15)20-9(12,8(7,11)19)14-2-1-5(16)13-6(14)17/h1-2,4,15,18-19H,3H2,(H,13,16,17)/t4-,7-,8-,9+/m1/s1. The van der Waals surface area contributed by atoms with E-state index in [9.17, 15) is 27.9 Å². The van der Waals surface area contributed by atoms with E-state index < -0.39 is 41.6 Å². The minimum atomic E-state index is -4.71. The van der Waals surface area contributed by atoms with E-state index in [0.717, 1.165) is 0 Å². The van der Waals surface area contributed by atoms with Crippen molar-refractivity contribution in [2.24, 2.45) is 0 Å². The summed E-state index contributed by atoms with van der Waals surface area (Å²) >= 11 is 0. The van der Waals surface area contributed by atoms with E-state index in [-0.39, 0.29) is 4.57 Å². The van der Waals surface area contributed by atoms with E-state index in [4.69, 9.17) is 10.2 Å². The summed E-state index contributed by atoms with van der Waals surface area (Å²) in [5.41, 5.74) is -2.53. The number of hydrogen-bond acceptors (Lipinski definition) is 6. The minimum Gasteiger partial charge on any atom is -0.393 e. The maximum Gasteiger partial charge on any atom is 0.363 e. The van der Waals surface area contributed by atoms with Crippen LogP contribution in [0.4, 0.5) is 13.2 Å². The Bertz CT molecular complexity index is 641. The number of aliphatic hydroxyl groups excluding tert-OH is 1. The van der Waals surface area contributed by atoms with Crippen molar-refractivity contribution < 1.29 is 33.2 Å². The molecule has 0 radical (unpaired) electrons. The van der Waals surface area contributed by atoms with Crippen LogP contribution >= 0.6 is 0 Å². The largest absolute Gasteiger partial charge is 0.393 e. The summed E-state index contributed by atoms with van der Waals surface area (Å²) in [5.74, 6) is -13.2. The summed E-state index contributed by atoms with van der Waals surface area (Å²) in [6.45, 7) is -1.39. The van der Waals surface area contributed by atoms with E-state index in [0.29, 0.717) is 12.3 Å². The number of nitrogens with one attached hydrogen (secondary N) is 1. The van der Waals surface area contributed by atoms with Crippen LogP contribution in [0.5, 0.6) is 0 Å². The highest BCUT2D eigenvalue weighted by Crippen LogP contribution is 2.51. The van der Waals surface area contributed by atoms with Gasteiger partial charge in [-0.25, -0.2) is 13.8 Å². The summed E-state index contributed by atoms with van der Waals surface area (Å²) in [5, 5.41) is 27.1. The van der Waals surface area contributed by atoms with Gasteiger partial charge in [-0.2, -0.15) is 8.78 Å². The molecule has 0 saturated carbocycles. The van der Waals surface area contributed by atoms with Crippen molar-refractivity contribution in [1.82, 2.24) is 9.55 Å². The molecule has 0 unspecified atom stereocenters. The number of alkyl halides is 3. The molecule has 1 saturated heterocycles. The number of nitrogens with zero attached hydrogens (tertiary/aromatic N) is 1. The van der Waals surface area contributed by atoms with E-state index in [1.807, 2.05) is 0 Å². The lowest BCUT2D eigenvalue weighted by Crippen LogP contribution is -2.60. The van der Waals surface area contributed by atoms with Crippen LogP contribution in [0.2, 0.25) is 0 Å². The van der Waals surface area contributed by atoms with Crippen molar-refractivity contribution in [1.29, 1.82) is 0 Å². The van der Waals surface area contributed by atoms with Crippen molar-refractivity contribution in [3.05, 3.63) is 33.1 Å². The van der Waals surface area contributed by atoms with Crippen molar-refractivity contribution >= 4 is 0 Å². The molecule has 0 aromatic carbocycles. The lowest BCUT2D eigenvalue weighted by atomic mass is 10.0. The molecule has 1 aliphatic rings. The summed E-state index contributed by atoms with van der Waals surface area (Å²) in [4.78, 5) is 23.7. The number of rotatable bonds is 2. The zero-order valence-corrected chi connectivity index (χ0v) is 9.59. The lowest BCUT2D eigenvalue weighted by molar-refractivity contribution is -0.356. The van der Waals surface area contributed by atoms with Crippen LogP contribution in [0, 0.1) is 0 Å². The minimum absolute atomic E-state index is 0.297. The van der Waals surface area contributed by atoms with E-state index in [1.54, 1.807) is 0 Å². The Morgan fingerprint density at radius 3 is 2.40 bits per heavy atom. The highest BCUT2D eigenvalue weighted by Gasteiger charge is 2.79. The van der Waals surface area contributed by atoms with Crippen LogP contribution in [-0.2, 0) is 10.7 Å². The van der Waals surface area contributed by atoms with Crippen LogP contribution < -0.4 is 11.2 Å². The Morgan fingerprint density at radius 1 is 1.35 bits per heavy atom. The van der Waals surface area contributed by atoms with E-state index >= 15 is 0 Å². The molecule has 1 aromatic rings.